The fraction of sp³-hybridized carbons (Fsp3) is 0.857. The molecule has 0 saturated carbocycles. The zero-order chi connectivity index (χ0) is 8.15. The molecule has 10 heavy (non-hydrogen) atoms. The van der Waals surface area contributed by atoms with Gasteiger partial charge in [-0.3, -0.25) is 4.99 Å². The lowest BCUT2D eigenvalue weighted by atomic mass is 10.4. The van der Waals surface area contributed by atoms with Crippen LogP contribution in [0.4, 0.5) is 0 Å². The van der Waals surface area contributed by atoms with Crippen LogP contribution in [0, 0.1) is 0 Å². The van der Waals surface area contributed by atoms with Crippen molar-refractivity contribution in [3.8, 4) is 0 Å². The maximum atomic E-state index is 4.06. The first-order valence-electron chi connectivity index (χ1n) is 3.48. The zero-order valence-corrected chi connectivity index (χ0v) is 7.47. The van der Waals surface area contributed by atoms with E-state index in [9.17, 15) is 0 Å². The Morgan fingerprint density at radius 2 is 1.90 bits per heavy atom. The first-order chi connectivity index (χ1) is 4.57. The van der Waals surface area contributed by atoms with Crippen LogP contribution in [0.2, 0.25) is 0 Å². The number of nitrogens with zero attached hydrogens (tertiary/aromatic N) is 2. The molecule has 0 fully saturated rings. The molecule has 0 aliphatic carbocycles. The van der Waals surface area contributed by atoms with Crippen molar-refractivity contribution in [2.24, 2.45) is 4.99 Å². The molecule has 0 aromatic heterocycles. The van der Waals surface area contributed by atoms with Crippen molar-refractivity contribution in [3.63, 3.8) is 0 Å². The molecule has 3 heteroatoms. The summed E-state index contributed by atoms with van der Waals surface area (Å²) in [5.41, 5.74) is 0. The Kier molecular flexibility index (Phi) is 3.84. The average molecular weight is 143 g/mol. The number of hydrogen-bond acceptors (Lipinski definition) is 1. The Hall–Kier alpha value is -0.730. The minimum Gasteiger partial charge on any atom is -0.354 e. The van der Waals surface area contributed by atoms with Gasteiger partial charge in [-0.15, -0.1) is 0 Å². The van der Waals surface area contributed by atoms with Gasteiger partial charge in [0.2, 0.25) is 0 Å². The number of hydrogen-bond donors (Lipinski definition) is 1. The van der Waals surface area contributed by atoms with E-state index in [1.807, 2.05) is 19.0 Å². The maximum Gasteiger partial charge on any atom is 0.193 e. The standard InChI is InChI=1S/C7H17N3/c1-6(2)9-7(8-3)10(4)5/h6H,1-5H3,(H,8,9). The Morgan fingerprint density at radius 1 is 1.40 bits per heavy atom. The third-order valence-corrected chi connectivity index (χ3v) is 1.05. The molecule has 0 rings (SSSR count). The minimum absolute atomic E-state index is 0.445. The number of rotatable bonds is 1. The molecular weight excluding hydrogens is 126 g/mol. The van der Waals surface area contributed by atoms with E-state index in [0.29, 0.717) is 6.04 Å². The van der Waals surface area contributed by atoms with Gasteiger partial charge >= 0.3 is 0 Å². The van der Waals surface area contributed by atoms with Gasteiger partial charge in [0.25, 0.3) is 0 Å². The van der Waals surface area contributed by atoms with E-state index in [-0.39, 0.29) is 0 Å². The molecule has 0 aromatic rings. The normalized spacial score (nSPS) is 12.0. The molecule has 0 aliphatic heterocycles. The molecule has 60 valence electrons. The summed E-state index contributed by atoms with van der Waals surface area (Å²) in [6, 6.07) is 0.445. The lowest BCUT2D eigenvalue weighted by molar-refractivity contribution is 0.562. The van der Waals surface area contributed by atoms with Crippen LogP contribution >= 0.6 is 0 Å². The Bertz CT molecular complexity index is 116. The predicted octanol–water partition coefficient (Wildman–Crippen LogP) is 0.532. The quantitative estimate of drug-likeness (QED) is 0.428. The van der Waals surface area contributed by atoms with Crippen LogP contribution in [0.5, 0.6) is 0 Å². The van der Waals surface area contributed by atoms with Crippen LogP contribution in [0.1, 0.15) is 13.8 Å². The molecule has 0 spiro atoms. The van der Waals surface area contributed by atoms with Crippen LogP contribution < -0.4 is 5.32 Å². The fourth-order valence-corrected chi connectivity index (χ4v) is 0.652. The van der Waals surface area contributed by atoms with Gasteiger partial charge in [-0.25, -0.2) is 0 Å². The third-order valence-electron chi connectivity index (χ3n) is 1.05. The molecular formula is C7H17N3. The molecule has 0 saturated heterocycles. The number of guanidine groups is 1. The van der Waals surface area contributed by atoms with Gasteiger partial charge in [0.1, 0.15) is 0 Å². The van der Waals surface area contributed by atoms with Gasteiger partial charge in [0.15, 0.2) is 5.96 Å². The van der Waals surface area contributed by atoms with Gasteiger partial charge in [-0.2, -0.15) is 0 Å². The molecule has 0 aromatic carbocycles. The highest BCUT2D eigenvalue weighted by atomic mass is 15.3. The molecule has 3 nitrogen and oxygen atoms in total. The Labute approximate surface area is 63.1 Å². The molecule has 0 bridgehead atoms. The Balaban J connectivity index is 3.86. The highest BCUT2D eigenvalue weighted by Crippen LogP contribution is 1.82. The van der Waals surface area contributed by atoms with Crippen molar-refractivity contribution in [1.82, 2.24) is 10.2 Å². The van der Waals surface area contributed by atoms with E-state index in [2.05, 4.69) is 24.2 Å². The number of aliphatic imine (C=N–C) groups is 1. The van der Waals surface area contributed by atoms with E-state index in [0.717, 1.165) is 5.96 Å². The lowest BCUT2D eigenvalue weighted by Gasteiger charge is -2.18. The van der Waals surface area contributed by atoms with Crippen LogP contribution in [-0.2, 0) is 0 Å². The molecule has 0 aliphatic rings. The van der Waals surface area contributed by atoms with E-state index in [1.54, 1.807) is 7.05 Å². The van der Waals surface area contributed by atoms with Crippen molar-refractivity contribution in [3.05, 3.63) is 0 Å². The molecule has 0 heterocycles. The second-order valence-corrected chi connectivity index (χ2v) is 2.74. The van der Waals surface area contributed by atoms with Crippen molar-refractivity contribution < 1.29 is 0 Å². The monoisotopic (exact) mass is 143 g/mol. The molecule has 0 amide bonds. The van der Waals surface area contributed by atoms with E-state index >= 15 is 0 Å². The van der Waals surface area contributed by atoms with Gasteiger partial charge in [-0.05, 0) is 13.8 Å². The average Bonchev–Trinajstić information content (AvgIpc) is 1.81. The van der Waals surface area contributed by atoms with Crippen molar-refractivity contribution in [1.29, 1.82) is 0 Å². The summed E-state index contributed by atoms with van der Waals surface area (Å²) in [6.07, 6.45) is 0. The van der Waals surface area contributed by atoms with Gasteiger partial charge in [0, 0.05) is 27.2 Å². The first-order valence-corrected chi connectivity index (χ1v) is 3.48. The minimum atomic E-state index is 0.445. The van der Waals surface area contributed by atoms with E-state index < -0.39 is 0 Å². The Morgan fingerprint density at radius 3 is 2.00 bits per heavy atom. The summed E-state index contributed by atoms with van der Waals surface area (Å²) in [7, 11) is 5.72. The maximum absolute atomic E-state index is 4.06. The third kappa shape index (κ3) is 3.33. The SMILES string of the molecule is CN=C(NC(C)C)N(C)C. The summed E-state index contributed by atoms with van der Waals surface area (Å²) >= 11 is 0. The van der Waals surface area contributed by atoms with Crippen LogP contribution in [0.3, 0.4) is 0 Å². The molecule has 0 unspecified atom stereocenters. The largest absolute Gasteiger partial charge is 0.354 e. The van der Waals surface area contributed by atoms with Gasteiger partial charge < -0.3 is 10.2 Å². The summed E-state index contributed by atoms with van der Waals surface area (Å²) in [5, 5.41) is 3.20. The van der Waals surface area contributed by atoms with Crippen molar-refractivity contribution >= 4 is 5.96 Å². The molecule has 1 N–H and O–H groups in total. The topological polar surface area (TPSA) is 27.6 Å². The predicted molar refractivity (Wildman–Crippen MR) is 45.3 cm³/mol. The van der Waals surface area contributed by atoms with Crippen LogP contribution in [-0.4, -0.2) is 38.0 Å². The van der Waals surface area contributed by atoms with Gasteiger partial charge in [-0.1, -0.05) is 0 Å². The second kappa shape index (κ2) is 4.14. The van der Waals surface area contributed by atoms with E-state index in [4.69, 9.17) is 0 Å². The first kappa shape index (κ1) is 9.27. The zero-order valence-electron chi connectivity index (χ0n) is 7.47. The van der Waals surface area contributed by atoms with Crippen molar-refractivity contribution in [2.75, 3.05) is 21.1 Å². The summed E-state index contributed by atoms with van der Waals surface area (Å²) in [5.74, 6) is 0.926. The van der Waals surface area contributed by atoms with Crippen molar-refractivity contribution in [2.45, 2.75) is 19.9 Å². The number of nitrogens with one attached hydrogen (secondary N) is 1. The van der Waals surface area contributed by atoms with E-state index in [1.165, 1.54) is 0 Å². The van der Waals surface area contributed by atoms with Crippen LogP contribution in [0.15, 0.2) is 4.99 Å². The molecule has 0 radical (unpaired) electrons. The lowest BCUT2D eigenvalue weighted by Crippen LogP contribution is -2.40. The highest BCUT2D eigenvalue weighted by Gasteiger charge is 1.99. The van der Waals surface area contributed by atoms with Crippen LogP contribution in [0.25, 0.3) is 0 Å². The van der Waals surface area contributed by atoms with Gasteiger partial charge in [0.05, 0.1) is 0 Å². The smallest absolute Gasteiger partial charge is 0.193 e. The highest BCUT2D eigenvalue weighted by molar-refractivity contribution is 5.79. The molecule has 0 atom stereocenters. The summed E-state index contributed by atoms with van der Waals surface area (Å²) in [4.78, 5) is 6.02. The second-order valence-electron chi connectivity index (χ2n) is 2.74. The summed E-state index contributed by atoms with van der Waals surface area (Å²) in [6.45, 7) is 4.18. The summed E-state index contributed by atoms with van der Waals surface area (Å²) < 4.78 is 0. The fourth-order valence-electron chi connectivity index (χ4n) is 0.652.